The maximum absolute atomic E-state index is 12.1. The summed E-state index contributed by atoms with van der Waals surface area (Å²) in [5.41, 5.74) is 1.23. The van der Waals surface area contributed by atoms with E-state index in [0.29, 0.717) is 11.3 Å². The Morgan fingerprint density at radius 1 is 1.55 bits per heavy atom. The predicted octanol–water partition coefficient (Wildman–Crippen LogP) is 2.75. The molecule has 0 spiro atoms. The Morgan fingerprint density at radius 2 is 2.36 bits per heavy atom. The van der Waals surface area contributed by atoms with Gasteiger partial charge in [0.2, 0.25) is 5.82 Å². The van der Waals surface area contributed by atoms with E-state index < -0.39 is 0 Å². The van der Waals surface area contributed by atoms with E-state index in [2.05, 4.69) is 41.9 Å². The molecule has 112 valence electrons. The van der Waals surface area contributed by atoms with E-state index in [1.54, 1.807) is 18.2 Å². The molecule has 0 saturated carbocycles. The molecule has 0 amide bonds. The lowest BCUT2D eigenvalue weighted by molar-refractivity contribution is 0.0990. The molecule has 0 atom stereocenters. The number of H-pyrrole nitrogens is 1. The molecule has 2 rings (SSSR count). The summed E-state index contributed by atoms with van der Waals surface area (Å²) in [4.78, 5) is 12.1. The lowest BCUT2D eigenvalue weighted by Crippen LogP contribution is -2.04. The maximum Gasteiger partial charge on any atom is 0.216 e. The Kier molecular flexibility index (Phi) is 5.63. The zero-order chi connectivity index (χ0) is 15.9. The van der Waals surface area contributed by atoms with Crippen molar-refractivity contribution in [1.82, 2.24) is 20.6 Å². The first kappa shape index (κ1) is 16.1. The minimum atomic E-state index is -0.0866. The van der Waals surface area contributed by atoms with Gasteiger partial charge in [0.25, 0.3) is 0 Å². The normalized spacial score (nSPS) is 11.0. The van der Waals surface area contributed by atoms with Crippen molar-refractivity contribution in [2.45, 2.75) is 6.42 Å². The van der Waals surface area contributed by atoms with Crippen molar-refractivity contribution >= 4 is 44.6 Å². The van der Waals surface area contributed by atoms with Crippen LogP contribution in [0.2, 0.25) is 0 Å². The maximum atomic E-state index is 12.1. The molecule has 22 heavy (non-hydrogen) atoms. The number of nitrogens with zero attached hydrogens (tertiary/aromatic N) is 4. The SMILES string of the molecule is N#CC(=CNc1cc(Br)ccc1C(=O)CCCl)c1nn[nH]n1. The summed E-state index contributed by atoms with van der Waals surface area (Å²) < 4.78 is 0.795. The first-order valence-corrected chi connectivity index (χ1v) is 7.47. The van der Waals surface area contributed by atoms with E-state index in [1.807, 2.05) is 6.07 Å². The van der Waals surface area contributed by atoms with Crippen LogP contribution in [0.25, 0.3) is 5.57 Å². The number of anilines is 1. The number of hydrogen-bond donors (Lipinski definition) is 2. The van der Waals surface area contributed by atoms with Gasteiger partial charge in [-0.15, -0.1) is 21.8 Å². The second-order valence-electron chi connectivity index (χ2n) is 4.10. The number of Topliss-reactive ketones (excluding diaryl/α,β-unsaturated/α-hetero) is 1. The Balaban J connectivity index is 2.30. The van der Waals surface area contributed by atoms with Crippen LogP contribution in [0.1, 0.15) is 22.6 Å². The lowest BCUT2D eigenvalue weighted by atomic mass is 10.1. The van der Waals surface area contributed by atoms with Gasteiger partial charge in [0.15, 0.2) is 5.78 Å². The number of carbonyl (C=O) groups is 1. The van der Waals surface area contributed by atoms with Crippen LogP contribution < -0.4 is 5.32 Å². The molecule has 0 fully saturated rings. The zero-order valence-corrected chi connectivity index (χ0v) is 13.5. The van der Waals surface area contributed by atoms with Gasteiger partial charge >= 0.3 is 0 Å². The Labute approximate surface area is 139 Å². The number of alkyl halides is 1. The predicted molar refractivity (Wildman–Crippen MR) is 85.2 cm³/mol. The minimum absolute atomic E-state index is 0.0866. The van der Waals surface area contributed by atoms with Crippen LogP contribution in [0.3, 0.4) is 0 Å². The first-order valence-electron chi connectivity index (χ1n) is 6.15. The monoisotopic (exact) mass is 380 g/mol. The molecule has 1 heterocycles. The average Bonchev–Trinajstić information content (AvgIpc) is 3.02. The summed E-state index contributed by atoms with van der Waals surface area (Å²) in [7, 11) is 0. The van der Waals surface area contributed by atoms with E-state index >= 15 is 0 Å². The number of halogens is 2. The topological polar surface area (TPSA) is 107 Å². The van der Waals surface area contributed by atoms with Crippen molar-refractivity contribution in [2.24, 2.45) is 0 Å². The largest absolute Gasteiger partial charge is 0.360 e. The fraction of sp³-hybridized carbons (Fsp3) is 0.154. The molecule has 0 radical (unpaired) electrons. The van der Waals surface area contributed by atoms with Crippen LogP contribution in [-0.2, 0) is 0 Å². The average molecular weight is 382 g/mol. The third-order valence-corrected chi connectivity index (χ3v) is 3.36. The van der Waals surface area contributed by atoms with Gasteiger partial charge in [0.1, 0.15) is 11.6 Å². The van der Waals surface area contributed by atoms with Gasteiger partial charge in [-0.3, -0.25) is 4.79 Å². The molecule has 0 bridgehead atoms. The number of ketones is 1. The van der Waals surface area contributed by atoms with E-state index in [-0.39, 0.29) is 29.5 Å². The summed E-state index contributed by atoms with van der Waals surface area (Å²) in [5, 5.41) is 25.2. The number of hydrogen-bond acceptors (Lipinski definition) is 6. The lowest BCUT2D eigenvalue weighted by Gasteiger charge is -2.09. The van der Waals surface area contributed by atoms with Gasteiger partial charge in [-0.2, -0.15) is 10.5 Å². The minimum Gasteiger partial charge on any atom is -0.360 e. The fourth-order valence-corrected chi connectivity index (χ4v) is 2.20. The van der Waals surface area contributed by atoms with Gasteiger partial charge in [-0.25, -0.2) is 0 Å². The van der Waals surface area contributed by atoms with E-state index in [1.165, 1.54) is 6.20 Å². The van der Waals surface area contributed by atoms with Crippen LogP contribution in [0.15, 0.2) is 28.9 Å². The number of rotatable bonds is 6. The van der Waals surface area contributed by atoms with Crippen LogP contribution in [0, 0.1) is 11.3 Å². The van der Waals surface area contributed by atoms with Crippen molar-refractivity contribution in [3.05, 3.63) is 40.3 Å². The Morgan fingerprint density at radius 3 is 3.00 bits per heavy atom. The summed E-state index contributed by atoms with van der Waals surface area (Å²) >= 11 is 8.96. The molecule has 0 aliphatic rings. The van der Waals surface area contributed by atoms with Crippen LogP contribution in [0.5, 0.6) is 0 Å². The van der Waals surface area contributed by atoms with Gasteiger partial charge in [-0.1, -0.05) is 15.9 Å². The van der Waals surface area contributed by atoms with E-state index in [0.717, 1.165) is 4.47 Å². The highest BCUT2D eigenvalue weighted by Crippen LogP contribution is 2.23. The molecule has 0 saturated heterocycles. The van der Waals surface area contributed by atoms with Gasteiger partial charge < -0.3 is 5.32 Å². The van der Waals surface area contributed by atoms with Crippen LogP contribution >= 0.6 is 27.5 Å². The third-order valence-electron chi connectivity index (χ3n) is 2.68. The number of aromatic nitrogens is 4. The summed E-state index contributed by atoms with van der Waals surface area (Å²) in [6.07, 6.45) is 1.65. The van der Waals surface area contributed by atoms with Crippen molar-refractivity contribution in [3.8, 4) is 6.07 Å². The summed E-state index contributed by atoms with van der Waals surface area (Å²) in [6, 6.07) is 7.15. The van der Waals surface area contributed by atoms with Crippen molar-refractivity contribution in [2.75, 3.05) is 11.2 Å². The fourth-order valence-electron chi connectivity index (χ4n) is 1.67. The molecule has 7 nitrogen and oxygen atoms in total. The molecule has 1 aromatic carbocycles. The Bertz CT molecular complexity index is 737. The molecule has 2 N–H and O–H groups in total. The van der Waals surface area contributed by atoms with Crippen LogP contribution in [-0.4, -0.2) is 32.3 Å². The number of carbonyl (C=O) groups excluding carboxylic acids is 1. The molecule has 2 aromatic rings. The zero-order valence-electron chi connectivity index (χ0n) is 11.2. The van der Waals surface area contributed by atoms with Gasteiger partial charge in [-0.05, 0) is 23.4 Å². The highest BCUT2D eigenvalue weighted by atomic mass is 79.9. The highest BCUT2D eigenvalue weighted by molar-refractivity contribution is 9.10. The smallest absolute Gasteiger partial charge is 0.216 e. The number of tetrazole rings is 1. The van der Waals surface area contributed by atoms with Gasteiger partial charge in [0.05, 0.1) is 5.69 Å². The summed E-state index contributed by atoms with van der Waals surface area (Å²) in [6.45, 7) is 0. The quantitative estimate of drug-likeness (QED) is 0.452. The van der Waals surface area contributed by atoms with E-state index in [4.69, 9.17) is 16.9 Å². The van der Waals surface area contributed by atoms with Crippen molar-refractivity contribution in [1.29, 1.82) is 5.26 Å². The van der Waals surface area contributed by atoms with Crippen molar-refractivity contribution in [3.63, 3.8) is 0 Å². The van der Waals surface area contributed by atoms with Gasteiger partial charge in [0, 0.05) is 28.5 Å². The third kappa shape index (κ3) is 3.90. The molecule has 1 aromatic heterocycles. The van der Waals surface area contributed by atoms with Crippen molar-refractivity contribution < 1.29 is 4.79 Å². The van der Waals surface area contributed by atoms with E-state index in [9.17, 15) is 4.79 Å². The molecule has 0 aliphatic heterocycles. The highest BCUT2D eigenvalue weighted by Gasteiger charge is 2.12. The number of allylic oxidation sites excluding steroid dienone is 1. The molecular formula is C13H10BrClN6O. The molecule has 0 aliphatic carbocycles. The number of nitrogens with one attached hydrogen (secondary N) is 2. The summed E-state index contributed by atoms with van der Waals surface area (Å²) in [5.74, 6) is 0.325. The number of nitriles is 1. The Hall–Kier alpha value is -2.24. The second-order valence-corrected chi connectivity index (χ2v) is 5.40. The first-order chi connectivity index (χ1) is 10.7. The number of benzene rings is 1. The molecule has 0 unspecified atom stereocenters. The molecular weight excluding hydrogens is 372 g/mol. The molecule has 9 heteroatoms. The van der Waals surface area contributed by atoms with Crippen LogP contribution in [0.4, 0.5) is 5.69 Å². The standard InChI is InChI=1S/C13H10BrClN6O/c14-9-1-2-10(12(22)3-4-15)11(5-9)17-7-8(6-16)13-18-20-21-19-13/h1-2,5,7,17H,3-4H2,(H,18,19,20,21). The second kappa shape index (κ2) is 7.68. The number of aromatic amines is 1.